The highest BCUT2D eigenvalue weighted by Gasteiger charge is 2.52. The number of methoxy groups -OCH3 is 1. The van der Waals surface area contributed by atoms with Gasteiger partial charge in [-0.3, -0.25) is 24.2 Å². The Morgan fingerprint density at radius 3 is 2.47 bits per heavy atom. The molecule has 0 unspecified atom stereocenters. The second kappa shape index (κ2) is 13.2. The molecule has 4 heterocycles. The molecule has 3 aliphatic heterocycles. The minimum atomic E-state index is -0.638. The summed E-state index contributed by atoms with van der Waals surface area (Å²) in [5.41, 5.74) is 3.25. The van der Waals surface area contributed by atoms with Crippen LogP contribution in [0, 0.1) is 5.41 Å². The number of aromatic nitrogens is 1. The monoisotopic (exact) mass is 706 g/mol. The van der Waals surface area contributed by atoms with Crippen molar-refractivity contribution in [2.45, 2.75) is 31.7 Å². The van der Waals surface area contributed by atoms with E-state index in [4.69, 9.17) is 21.1 Å². The van der Waals surface area contributed by atoms with E-state index in [1.54, 1.807) is 29.2 Å². The molecule has 51 heavy (non-hydrogen) atoms. The summed E-state index contributed by atoms with van der Waals surface area (Å²) in [5, 5.41) is 13.2. The molecular weight excluding hydrogens is 668 g/mol. The molecule has 262 valence electrons. The zero-order valence-electron chi connectivity index (χ0n) is 28.4. The number of hydrogen-bond donors (Lipinski definition) is 2. The van der Waals surface area contributed by atoms with Gasteiger partial charge < -0.3 is 24.5 Å². The minimum absolute atomic E-state index is 0.0858. The number of carbonyl (C=O) groups excluding carboxylic acids is 3. The van der Waals surface area contributed by atoms with Crippen molar-refractivity contribution in [3.63, 3.8) is 0 Å². The number of aromatic amines is 1. The minimum Gasteiger partial charge on any atom is -0.507 e. The van der Waals surface area contributed by atoms with Crippen molar-refractivity contribution in [3.8, 4) is 17.2 Å². The van der Waals surface area contributed by atoms with Crippen LogP contribution < -0.4 is 14.4 Å². The number of halogens is 1. The maximum Gasteiger partial charge on any atom is 0.274 e. The molecule has 2 N–H and O–H groups in total. The topological polar surface area (TPSA) is 115 Å². The number of hydrogen-bond acceptors (Lipinski definition) is 7. The molecule has 11 heteroatoms. The van der Waals surface area contributed by atoms with Crippen LogP contribution in [0.1, 0.15) is 46.8 Å². The number of alkyl halides is 1. The highest BCUT2D eigenvalue weighted by atomic mass is 35.5. The first-order chi connectivity index (χ1) is 24.8. The molecule has 1 aromatic heterocycles. The smallest absolute Gasteiger partial charge is 0.274 e. The number of anilines is 1. The van der Waals surface area contributed by atoms with Crippen LogP contribution in [-0.2, 0) is 16.1 Å². The maximum atomic E-state index is 14.0. The number of carbonyl (C=O) groups is 3. The molecule has 0 bridgehead atoms. The van der Waals surface area contributed by atoms with Gasteiger partial charge >= 0.3 is 0 Å². The number of H-pyrrole nitrogens is 1. The Hall–Kier alpha value is -5.06. The summed E-state index contributed by atoms with van der Waals surface area (Å²) in [6.45, 7) is 3.01. The van der Waals surface area contributed by atoms with Crippen LogP contribution >= 0.6 is 11.6 Å². The van der Waals surface area contributed by atoms with Crippen LogP contribution in [0.2, 0.25) is 0 Å². The molecule has 2 saturated heterocycles. The molecule has 0 radical (unpaired) electrons. The molecule has 1 atom stereocenters. The molecule has 4 aromatic carbocycles. The second-order valence-corrected chi connectivity index (χ2v) is 14.1. The van der Waals surface area contributed by atoms with E-state index in [1.807, 2.05) is 42.5 Å². The van der Waals surface area contributed by atoms with E-state index in [0.29, 0.717) is 53.7 Å². The van der Waals surface area contributed by atoms with Crippen molar-refractivity contribution in [2.75, 3.05) is 50.7 Å². The third kappa shape index (κ3) is 5.86. The summed E-state index contributed by atoms with van der Waals surface area (Å²) < 4.78 is 11.7. The summed E-state index contributed by atoms with van der Waals surface area (Å²) >= 11 is 6.40. The quantitative estimate of drug-likeness (QED) is 0.134. The molecule has 3 aliphatic rings. The van der Waals surface area contributed by atoms with E-state index >= 15 is 0 Å². The normalized spacial score (nSPS) is 18.7. The van der Waals surface area contributed by atoms with Gasteiger partial charge in [0.15, 0.2) is 11.5 Å². The Balaban J connectivity index is 0.949. The number of imide groups is 1. The number of amides is 3. The summed E-state index contributed by atoms with van der Waals surface area (Å²) in [5.74, 6) is 0.743. The molecule has 2 fully saturated rings. The van der Waals surface area contributed by atoms with Crippen molar-refractivity contribution in [1.29, 1.82) is 0 Å². The van der Waals surface area contributed by atoms with Crippen LogP contribution in [-0.4, -0.2) is 83.4 Å². The third-order valence-corrected chi connectivity index (χ3v) is 11.2. The lowest BCUT2D eigenvalue weighted by molar-refractivity contribution is -0.143. The van der Waals surface area contributed by atoms with Gasteiger partial charge in [-0.05, 0) is 54.6 Å². The SMILES string of the molecule is COc1cc2[nH]c(C(=O)N3C[C@@H](CCl)c4c3cc(O)c3ccccc43)cc2cc1OCCN1C(=O)CC2(CCN(Cc3ccccc3)CC2)C1=O. The Morgan fingerprint density at radius 2 is 1.73 bits per heavy atom. The number of phenolic OH excluding ortho intramolecular Hbond substituents is 1. The lowest BCUT2D eigenvalue weighted by atomic mass is 9.77. The van der Waals surface area contributed by atoms with Crippen LogP contribution in [0.5, 0.6) is 17.2 Å². The molecule has 8 rings (SSSR count). The van der Waals surface area contributed by atoms with Gasteiger partial charge in [0.1, 0.15) is 18.1 Å². The Kier molecular flexibility index (Phi) is 8.60. The second-order valence-electron chi connectivity index (χ2n) is 13.8. The van der Waals surface area contributed by atoms with Gasteiger partial charge in [-0.15, -0.1) is 11.6 Å². The number of likely N-dealkylation sites (tertiary alicyclic amines) is 2. The fourth-order valence-electron chi connectivity index (χ4n) is 8.12. The van der Waals surface area contributed by atoms with E-state index in [-0.39, 0.29) is 49.0 Å². The summed E-state index contributed by atoms with van der Waals surface area (Å²) in [7, 11) is 1.54. The van der Waals surface area contributed by atoms with E-state index < -0.39 is 5.41 Å². The molecule has 0 saturated carbocycles. The van der Waals surface area contributed by atoms with Crippen LogP contribution in [0.4, 0.5) is 5.69 Å². The van der Waals surface area contributed by atoms with Crippen LogP contribution in [0.3, 0.4) is 0 Å². The zero-order chi connectivity index (χ0) is 35.3. The molecule has 3 amide bonds. The van der Waals surface area contributed by atoms with Crippen LogP contribution in [0.15, 0.2) is 78.9 Å². The predicted octanol–water partition coefficient (Wildman–Crippen LogP) is 6.44. The standard InChI is InChI=1S/C40H39ClN4O6/c1-50-34-19-30-26(17-31(42-30)38(48)45-24-27(22-41)37-29-10-6-5-9-28(29)33(46)20-32(37)45)18-35(34)51-16-15-44-36(47)21-40(39(44)49)11-13-43(14-12-40)23-25-7-3-2-4-8-25/h2-10,17-20,27,42,46H,11-16,21-24H2,1H3/t27-/m1/s1. The van der Waals surface area contributed by atoms with E-state index in [0.717, 1.165) is 41.4 Å². The lowest BCUT2D eigenvalue weighted by Crippen LogP contribution is -2.45. The lowest BCUT2D eigenvalue weighted by Gasteiger charge is -2.37. The van der Waals surface area contributed by atoms with Gasteiger partial charge in [0, 0.05) is 59.7 Å². The molecule has 1 spiro atoms. The summed E-state index contributed by atoms with van der Waals surface area (Å²) in [4.78, 5) is 49.3. The number of benzene rings is 4. The average Bonchev–Trinajstić information content (AvgIpc) is 3.81. The average molecular weight is 707 g/mol. The number of rotatable bonds is 9. The number of phenols is 1. The van der Waals surface area contributed by atoms with Crippen LogP contribution in [0.25, 0.3) is 21.7 Å². The highest BCUT2D eigenvalue weighted by Crippen LogP contribution is 2.46. The fourth-order valence-corrected chi connectivity index (χ4v) is 8.37. The Bertz CT molecular complexity index is 2160. The van der Waals surface area contributed by atoms with Crippen molar-refractivity contribution in [2.24, 2.45) is 5.41 Å². The first-order valence-electron chi connectivity index (χ1n) is 17.4. The number of aromatic hydroxyl groups is 1. The van der Waals surface area contributed by atoms with Gasteiger partial charge in [-0.2, -0.15) is 0 Å². The molecular formula is C40H39ClN4O6. The van der Waals surface area contributed by atoms with Gasteiger partial charge in [-0.1, -0.05) is 54.6 Å². The Morgan fingerprint density at radius 1 is 0.980 bits per heavy atom. The molecule has 10 nitrogen and oxygen atoms in total. The number of fused-ring (bicyclic) bond motifs is 4. The summed E-state index contributed by atoms with van der Waals surface area (Å²) in [6.07, 6.45) is 1.56. The van der Waals surface area contributed by atoms with Crippen molar-refractivity contribution < 1.29 is 29.0 Å². The molecule has 5 aromatic rings. The first-order valence-corrected chi connectivity index (χ1v) is 17.9. The zero-order valence-corrected chi connectivity index (χ0v) is 29.1. The third-order valence-electron chi connectivity index (χ3n) is 10.8. The predicted molar refractivity (Wildman–Crippen MR) is 196 cm³/mol. The number of nitrogens with one attached hydrogen (secondary N) is 1. The Labute approximate surface area is 300 Å². The largest absolute Gasteiger partial charge is 0.507 e. The highest BCUT2D eigenvalue weighted by molar-refractivity contribution is 6.19. The number of ether oxygens (including phenoxy) is 2. The molecule has 0 aliphatic carbocycles. The van der Waals surface area contributed by atoms with E-state index in [1.165, 1.54) is 17.6 Å². The van der Waals surface area contributed by atoms with Crippen molar-refractivity contribution in [1.82, 2.24) is 14.8 Å². The van der Waals surface area contributed by atoms with Gasteiger partial charge in [0.05, 0.1) is 24.8 Å². The van der Waals surface area contributed by atoms with Gasteiger partial charge in [-0.25, -0.2) is 0 Å². The van der Waals surface area contributed by atoms with Gasteiger partial charge in [0.25, 0.3) is 5.91 Å². The maximum absolute atomic E-state index is 14.0. The number of nitrogens with zero attached hydrogens (tertiary/aromatic N) is 3. The van der Waals surface area contributed by atoms with E-state index in [9.17, 15) is 19.5 Å². The van der Waals surface area contributed by atoms with Crippen molar-refractivity contribution >= 4 is 56.7 Å². The number of piperidine rings is 1. The first kappa shape index (κ1) is 33.1. The summed E-state index contributed by atoms with van der Waals surface area (Å²) in [6, 6.07) is 24.8. The van der Waals surface area contributed by atoms with Crippen molar-refractivity contribution in [3.05, 3.63) is 95.7 Å². The van der Waals surface area contributed by atoms with Gasteiger partial charge in [0.2, 0.25) is 11.8 Å². The fraction of sp³-hybridized carbons (Fsp3) is 0.325. The van der Waals surface area contributed by atoms with E-state index in [2.05, 4.69) is 22.0 Å².